The number of halogens is 1. The van der Waals surface area contributed by atoms with Gasteiger partial charge in [-0.25, -0.2) is 8.42 Å². The van der Waals surface area contributed by atoms with Gasteiger partial charge in [0.05, 0.1) is 29.4 Å². The molecule has 0 radical (unpaired) electrons. The van der Waals surface area contributed by atoms with Gasteiger partial charge >= 0.3 is 0 Å². The number of nitriles is 1. The van der Waals surface area contributed by atoms with E-state index < -0.39 is 15.6 Å². The van der Waals surface area contributed by atoms with Gasteiger partial charge in [0.2, 0.25) is 0 Å². The quantitative estimate of drug-likeness (QED) is 0.780. The van der Waals surface area contributed by atoms with Crippen molar-refractivity contribution in [3.8, 4) is 6.07 Å². The zero-order chi connectivity index (χ0) is 16.5. The Labute approximate surface area is 144 Å². The second-order valence-corrected chi connectivity index (χ2v) is 8.97. The Morgan fingerprint density at radius 2 is 1.91 bits per heavy atom. The van der Waals surface area contributed by atoms with E-state index in [1.807, 2.05) is 6.07 Å². The fraction of sp³-hybridized carbons (Fsp3) is 0.562. The van der Waals surface area contributed by atoms with E-state index in [-0.39, 0.29) is 16.6 Å². The van der Waals surface area contributed by atoms with Gasteiger partial charge in [-0.3, -0.25) is 0 Å². The van der Waals surface area contributed by atoms with Gasteiger partial charge in [0, 0.05) is 17.3 Å². The molecular formula is C16H18BrNO4S. The average Bonchev–Trinajstić information content (AvgIpc) is 2.98. The van der Waals surface area contributed by atoms with Crippen LogP contribution in [0.5, 0.6) is 0 Å². The average molecular weight is 400 g/mol. The monoisotopic (exact) mass is 399 g/mol. The molecule has 1 aliphatic heterocycles. The SMILES string of the molecule is N#Cc1cc(S(=O)(=O)CC2CCC3(CC2)OCCO3)ccc1Br. The van der Waals surface area contributed by atoms with Crippen LogP contribution in [0.4, 0.5) is 0 Å². The van der Waals surface area contributed by atoms with E-state index in [9.17, 15) is 8.42 Å². The van der Waals surface area contributed by atoms with E-state index in [4.69, 9.17) is 14.7 Å². The van der Waals surface area contributed by atoms with Crippen LogP contribution in [0.2, 0.25) is 0 Å². The molecule has 1 saturated heterocycles. The fourth-order valence-electron chi connectivity index (χ4n) is 3.26. The molecule has 2 fully saturated rings. The number of sulfone groups is 1. The predicted octanol–water partition coefficient (Wildman–Crippen LogP) is 3.03. The van der Waals surface area contributed by atoms with Gasteiger partial charge in [-0.05, 0) is 52.9 Å². The normalized spacial score (nSPS) is 21.4. The Morgan fingerprint density at radius 1 is 1.26 bits per heavy atom. The highest BCUT2D eigenvalue weighted by molar-refractivity contribution is 9.10. The third-order valence-corrected chi connectivity index (χ3v) is 7.13. The van der Waals surface area contributed by atoms with Crippen LogP contribution in [0.25, 0.3) is 0 Å². The summed E-state index contributed by atoms with van der Waals surface area (Å²) in [5.41, 5.74) is 0.335. The molecule has 0 atom stereocenters. The molecule has 2 aliphatic rings. The third kappa shape index (κ3) is 3.61. The minimum absolute atomic E-state index is 0.104. The Balaban J connectivity index is 1.69. The lowest BCUT2D eigenvalue weighted by atomic mass is 9.86. The molecule has 1 heterocycles. The topological polar surface area (TPSA) is 76.4 Å². The lowest BCUT2D eigenvalue weighted by Crippen LogP contribution is -2.36. The molecule has 0 N–H and O–H groups in total. The predicted molar refractivity (Wildman–Crippen MR) is 87.5 cm³/mol. The summed E-state index contributed by atoms with van der Waals surface area (Å²) in [6.07, 6.45) is 3.05. The highest BCUT2D eigenvalue weighted by Crippen LogP contribution is 2.39. The largest absolute Gasteiger partial charge is 0.348 e. The third-order valence-electron chi connectivity index (χ3n) is 4.55. The van der Waals surface area contributed by atoms with Gasteiger partial charge in [-0.15, -0.1) is 0 Å². The standard InChI is InChI=1S/C16H18BrNO4S/c17-15-2-1-14(9-13(15)10-18)23(19,20)11-12-3-5-16(6-4-12)21-7-8-22-16/h1-2,9,12H,3-8,11H2. The maximum absolute atomic E-state index is 12.6. The van der Waals surface area contributed by atoms with Crippen molar-refractivity contribution in [2.24, 2.45) is 5.92 Å². The van der Waals surface area contributed by atoms with Gasteiger partial charge in [0.15, 0.2) is 15.6 Å². The van der Waals surface area contributed by atoms with Crippen molar-refractivity contribution in [2.75, 3.05) is 19.0 Å². The Hall–Kier alpha value is -0.940. The van der Waals surface area contributed by atoms with E-state index in [1.54, 1.807) is 12.1 Å². The molecule has 5 nitrogen and oxygen atoms in total. The van der Waals surface area contributed by atoms with Crippen LogP contribution in [0.1, 0.15) is 31.2 Å². The molecule has 7 heteroatoms. The van der Waals surface area contributed by atoms with Crippen LogP contribution < -0.4 is 0 Å². The first-order chi connectivity index (χ1) is 10.9. The van der Waals surface area contributed by atoms with Gasteiger partial charge in [0.1, 0.15) is 6.07 Å². The van der Waals surface area contributed by atoms with Gasteiger partial charge in [-0.1, -0.05) is 0 Å². The first kappa shape index (κ1) is 16.9. The first-order valence-electron chi connectivity index (χ1n) is 7.64. The van der Waals surface area contributed by atoms with Crippen molar-refractivity contribution < 1.29 is 17.9 Å². The number of hydrogen-bond donors (Lipinski definition) is 0. The molecule has 1 aromatic rings. The van der Waals surface area contributed by atoms with Crippen molar-refractivity contribution in [3.63, 3.8) is 0 Å². The number of benzene rings is 1. The summed E-state index contributed by atoms with van der Waals surface area (Å²) in [4.78, 5) is 0.214. The zero-order valence-corrected chi connectivity index (χ0v) is 15.0. The van der Waals surface area contributed by atoms with E-state index in [1.165, 1.54) is 6.07 Å². The second-order valence-electron chi connectivity index (χ2n) is 6.09. The lowest BCUT2D eigenvalue weighted by molar-refractivity contribution is -0.181. The van der Waals surface area contributed by atoms with Crippen LogP contribution >= 0.6 is 15.9 Å². The molecule has 23 heavy (non-hydrogen) atoms. The maximum Gasteiger partial charge on any atom is 0.178 e. The van der Waals surface area contributed by atoms with Gasteiger partial charge < -0.3 is 9.47 Å². The number of nitrogens with zero attached hydrogens (tertiary/aromatic N) is 1. The molecule has 0 unspecified atom stereocenters. The summed E-state index contributed by atoms with van der Waals surface area (Å²) in [5.74, 6) is -0.255. The first-order valence-corrected chi connectivity index (χ1v) is 10.1. The Bertz CT molecular complexity index is 725. The van der Waals surface area contributed by atoms with Gasteiger partial charge in [-0.2, -0.15) is 5.26 Å². The maximum atomic E-state index is 12.6. The molecule has 3 rings (SSSR count). The number of hydrogen-bond acceptors (Lipinski definition) is 5. The minimum Gasteiger partial charge on any atom is -0.348 e. The van der Waals surface area contributed by atoms with Crippen LogP contribution in [0, 0.1) is 17.2 Å². The lowest BCUT2D eigenvalue weighted by Gasteiger charge is -2.35. The molecule has 0 aromatic heterocycles. The molecule has 0 amide bonds. The fourth-order valence-corrected chi connectivity index (χ4v) is 5.31. The van der Waals surface area contributed by atoms with Crippen molar-refractivity contribution in [1.82, 2.24) is 0 Å². The molecule has 1 spiro atoms. The molecule has 124 valence electrons. The molecular weight excluding hydrogens is 382 g/mol. The van der Waals surface area contributed by atoms with E-state index >= 15 is 0 Å². The minimum atomic E-state index is -3.40. The van der Waals surface area contributed by atoms with Crippen molar-refractivity contribution in [1.29, 1.82) is 5.26 Å². The van der Waals surface area contributed by atoms with Gasteiger partial charge in [0.25, 0.3) is 0 Å². The van der Waals surface area contributed by atoms with E-state index in [2.05, 4.69) is 15.9 Å². The zero-order valence-electron chi connectivity index (χ0n) is 12.6. The number of rotatable bonds is 3. The second kappa shape index (κ2) is 6.52. The van der Waals surface area contributed by atoms with Crippen LogP contribution in [0.3, 0.4) is 0 Å². The highest BCUT2D eigenvalue weighted by atomic mass is 79.9. The van der Waals surface area contributed by atoms with E-state index in [0.29, 0.717) is 23.2 Å². The highest BCUT2D eigenvalue weighted by Gasteiger charge is 2.41. The summed E-state index contributed by atoms with van der Waals surface area (Å²) in [6, 6.07) is 6.60. The number of ether oxygens (including phenoxy) is 2. The smallest absolute Gasteiger partial charge is 0.178 e. The summed E-state index contributed by atoms with van der Waals surface area (Å²) >= 11 is 3.24. The summed E-state index contributed by atoms with van der Waals surface area (Å²) in [5, 5.41) is 9.05. The van der Waals surface area contributed by atoms with Crippen molar-refractivity contribution >= 4 is 25.8 Å². The van der Waals surface area contributed by atoms with Crippen molar-refractivity contribution in [2.45, 2.75) is 36.4 Å². The summed E-state index contributed by atoms with van der Waals surface area (Å²) in [7, 11) is -3.40. The molecule has 1 saturated carbocycles. The van der Waals surface area contributed by atoms with Crippen LogP contribution in [0.15, 0.2) is 27.6 Å². The summed E-state index contributed by atoms with van der Waals surface area (Å²) in [6.45, 7) is 1.25. The van der Waals surface area contributed by atoms with Crippen LogP contribution in [-0.4, -0.2) is 33.2 Å². The summed E-state index contributed by atoms with van der Waals surface area (Å²) < 4.78 is 37.2. The molecule has 1 aliphatic carbocycles. The van der Waals surface area contributed by atoms with E-state index in [0.717, 1.165) is 25.7 Å². The molecule has 0 bridgehead atoms. The van der Waals surface area contributed by atoms with Crippen molar-refractivity contribution in [3.05, 3.63) is 28.2 Å². The Morgan fingerprint density at radius 3 is 2.52 bits per heavy atom. The molecule has 1 aromatic carbocycles. The Kier molecular flexibility index (Phi) is 4.79. The van der Waals surface area contributed by atoms with Crippen LogP contribution in [-0.2, 0) is 19.3 Å².